The lowest BCUT2D eigenvalue weighted by Gasteiger charge is -2.24. The van der Waals surface area contributed by atoms with Crippen LogP contribution in [0.3, 0.4) is 0 Å². The molecule has 1 aromatic carbocycles. The maximum Gasteiger partial charge on any atom is 0.335 e. The second kappa shape index (κ2) is 3.55. The fraction of sp³-hybridized carbons (Fsp3) is 0.100. The normalized spacial score (nSPS) is 13.7. The summed E-state index contributed by atoms with van der Waals surface area (Å²) in [6, 6.07) is 4.21. The largest absolute Gasteiger partial charge is 0.478 e. The van der Waals surface area contributed by atoms with E-state index < -0.39 is 5.97 Å². The van der Waals surface area contributed by atoms with Crippen LogP contribution in [-0.2, 0) is 4.79 Å². The van der Waals surface area contributed by atoms with Gasteiger partial charge in [-0.1, -0.05) is 0 Å². The van der Waals surface area contributed by atoms with Gasteiger partial charge in [-0.2, -0.15) is 5.26 Å². The summed E-state index contributed by atoms with van der Waals surface area (Å²) in [5, 5.41) is 20.2. The van der Waals surface area contributed by atoms with Gasteiger partial charge in [0.2, 0.25) is 5.91 Å². The molecule has 16 heavy (non-hydrogen) atoms. The van der Waals surface area contributed by atoms with Crippen LogP contribution in [0.4, 0.5) is 11.4 Å². The molecule has 80 valence electrons. The van der Waals surface area contributed by atoms with Gasteiger partial charge in [0.1, 0.15) is 6.54 Å². The molecule has 1 amide bonds. The van der Waals surface area contributed by atoms with Crippen molar-refractivity contribution in [3.05, 3.63) is 23.8 Å². The van der Waals surface area contributed by atoms with Gasteiger partial charge < -0.3 is 10.4 Å². The van der Waals surface area contributed by atoms with Crippen molar-refractivity contribution in [3.63, 3.8) is 0 Å². The first-order valence-corrected chi connectivity index (χ1v) is 4.46. The molecule has 0 radical (unpaired) electrons. The number of benzene rings is 1. The summed E-state index contributed by atoms with van der Waals surface area (Å²) in [5.74, 6) is -1.37. The summed E-state index contributed by atoms with van der Waals surface area (Å²) in [6.07, 6.45) is 1.84. The number of hydrogen-bond acceptors (Lipinski definition) is 4. The lowest BCUT2D eigenvalue weighted by Crippen LogP contribution is -2.35. The number of rotatable bonds is 1. The van der Waals surface area contributed by atoms with Gasteiger partial charge >= 0.3 is 5.97 Å². The smallest absolute Gasteiger partial charge is 0.335 e. The van der Waals surface area contributed by atoms with E-state index >= 15 is 0 Å². The highest BCUT2D eigenvalue weighted by Gasteiger charge is 2.22. The predicted octanol–water partition coefficient (Wildman–Crippen LogP) is 0.624. The Morgan fingerprint density at radius 2 is 2.31 bits per heavy atom. The second-order valence-corrected chi connectivity index (χ2v) is 3.27. The van der Waals surface area contributed by atoms with Gasteiger partial charge in [0, 0.05) is 0 Å². The van der Waals surface area contributed by atoms with Gasteiger partial charge in [-0.25, -0.2) is 4.79 Å². The maximum absolute atomic E-state index is 11.2. The molecule has 2 N–H and O–H groups in total. The number of carbonyl (C=O) groups is 2. The second-order valence-electron chi connectivity index (χ2n) is 3.27. The quantitative estimate of drug-likeness (QED) is 0.672. The minimum absolute atomic E-state index is 0.0788. The maximum atomic E-state index is 11.2. The lowest BCUT2D eigenvalue weighted by molar-refractivity contribution is -0.115. The molecule has 0 aromatic heterocycles. The molecular formula is C10H7N3O3. The summed E-state index contributed by atoms with van der Waals surface area (Å²) in [4.78, 5) is 23.1. The van der Waals surface area contributed by atoms with Crippen molar-refractivity contribution in [1.29, 1.82) is 5.26 Å². The average Bonchev–Trinajstić information content (AvgIpc) is 2.27. The SMILES string of the molecule is N#CN1CC(=O)Nc2ccc(C(=O)O)cc21. The molecule has 0 unspecified atom stereocenters. The highest BCUT2D eigenvalue weighted by molar-refractivity contribution is 6.03. The highest BCUT2D eigenvalue weighted by Crippen LogP contribution is 2.29. The Hall–Kier alpha value is -2.55. The zero-order valence-corrected chi connectivity index (χ0v) is 8.10. The zero-order valence-electron chi connectivity index (χ0n) is 8.10. The third-order valence-corrected chi connectivity index (χ3v) is 2.23. The molecule has 0 aliphatic carbocycles. The lowest BCUT2D eigenvalue weighted by atomic mass is 10.1. The molecule has 6 nitrogen and oxygen atoms in total. The molecule has 1 aliphatic heterocycles. The van der Waals surface area contributed by atoms with Gasteiger partial charge in [-0.05, 0) is 18.2 Å². The molecule has 0 fully saturated rings. The number of fused-ring (bicyclic) bond motifs is 1. The number of amides is 1. The molecule has 0 bridgehead atoms. The van der Waals surface area contributed by atoms with E-state index in [0.29, 0.717) is 11.4 Å². The Morgan fingerprint density at radius 1 is 1.56 bits per heavy atom. The van der Waals surface area contributed by atoms with Crippen LogP contribution in [0.5, 0.6) is 0 Å². The highest BCUT2D eigenvalue weighted by atomic mass is 16.4. The Morgan fingerprint density at radius 3 is 2.94 bits per heavy atom. The number of aromatic carboxylic acids is 1. The number of carboxylic acid groups (broad SMARTS) is 1. The Kier molecular flexibility index (Phi) is 2.21. The first-order chi connectivity index (χ1) is 7.61. The van der Waals surface area contributed by atoms with E-state index in [4.69, 9.17) is 10.4 Å². The van der Waals surface area contributed by atoms with Crippen molar-refractivity contribution in [1.82, 2.24) is 0 Å². The minimum Gasteiger partial charge on any atom is -0.478 e. The molecular weight excluding hydrogens is 210 g/mol. The molecule has 0 atom stereocenters. The number of carboxylic acids is 1. The van der Waals surface area contributed by atoms with E-state index in [1.54, 1.807) is 0 Å². The van der Waals surface area contributed by atoms with Crippen molar-refractivity contribution < 1.29 is 14.7 Å². The van der Waals surface area contributed by atoms with Gasteiger partial charge in [-0.15, -0.1) is 0 Å². The minimum atomic E-state index is -1.07. The number of hydrogen-bond donors (Lipinski definition) is 2. The van der Waals surface area contributed by atoms with Crippen LogP contribution < -0.4 is 10.2 Å². The Bertz CT molecular complexity index is 519. The standard InChI is InChI=1S/C10H7N3O3/c11-5-13-4-9(14)12-7-2-1-6(10(15)16)3-8(7)13/h1-3H,4H2,(H,12,14)(H,15,16). The van der Waals surface area contributed by atoms with E-state index in [0.717, 1.165) is 4.90 Å². The molecule has 1 aliphatic rings. The van der Waals surface area contributed by atoms with E-state index in [2.05, 4.69) is 5.32 Å². The van der Waals surface area contributed by atoms with Crippen LogP contribution in [0, 0.1) is 11.5 Å². The van der Waals surface area contributed by atoms with Gasteiger partial charge in [-0.3, -0.25) is 9.69 Å². The van der Waals surface area contributed by atoms with E-state index in [9.17, 15) is 9.59 Å². The molecule has 1 aromatic rings. The van der Waals surface area contributed by atoms with Crippen molar-refractivity contribution in [2.24, 2.45) is 0 Å². The first-order valence-electron chi connectivity index (χ1n) is 4.46. The fourth-order valence-electron chi connectivity index (χ4n) is 1.50. The van der Waals surface area contributed by atoms with Crippen LogP contribution in [0.1, 0.15) is 10.4 Å². The van der Waals surface area contributed by atoms with Crippen LogP contribution in [-0.4, -0.2) is 23.5 Å². The average molecular weight is 217 g/mol. The van der Waals surface area contributed by atoms with Crippen molar-refractivity contribution in [3.8, 4) is 6.19 Å². The van der Waals surface area contributed by atoms with E-state index in [1.165, 1.54) is 18.2 Å². The molecule has 1 heterocycles. The zero-order chi connectivity index (χ0) is 11.7. The van der Waals surface area contributed by atoms with Gasteiger partial charge in [0.15, 0.2) is 6.19 Å². The molecule has 6 heteroatoms. The number of carbonyl (C=O) groups excluding carboxylic acids is 1. The predicted molar refractivity (Wildman–Crippen MR) is 55.0 cm³/mol. The van der Waals surface area contributed by atoms with Crippen LogP contribution in [0.25, 0.3) is 0 Å². The van der Waals surface area contributed by atoms with Crippen LogP contribution in [0.2, 0.25) is 0 Å². The third kappa shape index (κ3) is 1.54. The number of nitriles is 1. The topological polar surface area (TPSA) is 93.4 Å². The molecule has 0 saturated heterocycles. The fourth-order valence-corrected chi connectivity index (χ4v) is 1.50. The van der Waals surface area contributed by atoms with E-state index in [-0.39, 0.29) is 18.0 Å². The Labute approximate surface area is 90.7 Å². The van der Waals surface area contributed by atoms with E-state index in [1.807, 2.05) is 6.19 Å². The van der Waals surface area contributed by atoms with Crippen molar-refractivity contribution in [2.45, 2.75) is 0 Å². The number of nitrogens with zero attached hydrogens (tertiary/aromatic N) is 2. The van der Waals surface area contributed by atoms with Gasteiger partial charge in [0.05, 0.1) is 16.9 Å². The Balaban J connectivity index is 2.52. The summed E-state index contributed by atoms with van der Waals surface area (Å²) < 4.78 is 0. The summed E-state index contributed by atoms with van der Waals surface area (Å²) in [5.41, 5.74) is 0.931. The first kappa shape index (κ1) is 9.98. The molecule has 0 saturated carbocycles. The molecule has 2 rings (SSSR count). The summed E-state index contributed by atoms with van der Waals surface area (Å²) in [7, 11) is 0. The monoisotopic (exact) mass is 217 g/mol. The molecule has 0 spiro atoms. The summed E-state index contributed by atoms with van der Waals surface area (Å²) >= 11 is 0. The van der Waals surface area contributed by atoms with Crippen molar-refractivity contribution in [2.75, 3.05) is 16.8 Å². The third-order valence-electron chi connectivity index (χ3n) is 2.23. The number of nitrogens with one attached hydrogen (secondary N) is 1. The number of anilines is 2. The summed E-state index contributed by atoms with van der Waals surface area (Å²) in [6.45, 7) is -0.0907. The van der Waals surface area contributed by atoms with Gasteiger partial charge in [0.25, 0.3) is 0 Å². The van der Waals surface area contributed by atoms with Crippen LogP contribution >= 0.6 is 0 Å². The van der Waals surface area contributed by atoms with Crippen LogP contribution in [0.15, 0.2) is 18.2 Å². The van der Waals surface area contributed by atoms with Crippen molar-refractivity contribution >= 4 is 23.3 Å².